The van der Waals surface area contributed by atoms with E-state index >= 15 is 0 Å². The van der Waals surface area contributed by atoms with Gasteiger partial charge < -0.3 is 11.1 Å². The molecule has 2 aromatic rings. The molecule has 3 N–H and O–H groups in total. The lowest BCUT2D eigenvalue weighted by Gasteiger charge is -2.08. The number of hydrogen-bond donors (Lipinski definition) is 2. The van der Waals surface area contributed by atoms with E-state index in [1.807, 2.05) is 0 Å². The van der Waals surface area contributed by atoms with Crippen molar-refractivity contribution in [1.82, 2.24) is 0 Å². The van der Waals surface area contributed by atoms with E-state index in [1.165, 1.54) is 24.3 Å². The van der Waals surface area contributed by atoms with Crippen molar-refractivity contribution in [1.29, 1.82) is 0 Å². The zero-order valence-corrected chi connectivity index (χ0v) is 10.0. The lowest BCUT2D eigenvalue weighted by molar-refractivity contribution is 0.102. The Kier molecular flexibility index (Phi) is 3.48. The normalized spacial score (nSPS) is 10.1. The molecule has 0 bridgehead atoms. The second kappa shape index (κ2) is 5.06. The van der Waals surface area contributed by atoms with Crippen LogP contribution in [0, 0.1) is 5.82 Å². The molecule has 0 fully saturated rings. The van der Waals surface area contributed by atoms with E-state index < -0.39 is 11.7 Å². The van der Waals surface area contributed by atoms with Gasteiger partial charge in [0, 0.05) is 10.6 Å². The molecule has 92 valence electrons. The van der Waals surface area contributed by atoms with Gasteiger partial charge in [0.1, 0.15) is 5.82 Å². The molecular formula is C13H10ClFN2O. The summed E-state index contributed by atoms with van der Waals surface area (Å²) in [6, 6.07) is 10.1. The molecule has 2 rings (SSSR count). The molecule has 0 radical (unpaired) electrons. The number of halogens is 2. The Morgan fingerprint density at radius 1 is 1.22 bits per heavy atom. The smallest absolute Gasteiger partial charge is 0.255 e. The maximum absolute atomic E-state index is 13.0. The summed E-state index contributed by atoms with van der Waals surface area (Å²) in [5.74, 6) is -0.893. The minimum atomic E-state index is -0.466. The van der Waals surface area contributed by atoms with Gasteiger partial charge in [-0.25, -0.2) is 4.39 Å². The lowest BCUT2D eigenvalue weighted by atomic mass is 10.2. The van der Waals surface area contributed by atoms with Gasteiger partial charge in [-0.15, -0.1) is 0 Å². The highest BCUT2D eigenvalue weighted by Gasteiger charge is 2.08. The summed E-state index contributed by atoms with van der Waals surface area (Å²) in [7, 11) is 0. The maximum Gasteiger partial charge on any atom is 0.255 e. The standard InChI is InChI=1S/C13H10ClFN2O/c14-9-4-5-12(11(16)7-9)17-13(18)8-2-1-3-10(15)6-8/h1-7H,16H2,(H,17,18). The second-order valence-electron chi connectivity index (χ2n) is 3.70. The number of carbonyl (C=O) groups excluding carboxylic acids is 1. The van der Waals surface area contributed by atoms with Gasteiger partial charge >= 0.3 is 0 Å². The van der Waals surface area contributed by atoms with Crippen LogP contribution in [0.15, 0.2) is 42.5 Å². The molecule has 2 aromatic carbocycles. The van der Waals surface area contributed by atoms with Gasteiger partial charge in [0.2, 0.25) is 0 Å². The average Bonchev–Trinajstić information content (AvgIpc) is 2.32. The molecule has 0 unspecified atom stereocenters. The van der Waals surface area contributed by atoms with Crippen LogP contribution in [0.4, 0.5) is 15.8 Å². The van der Waals surface area contributed by atoms with Crippen LogP contribution in [-0.4, -0.2) is 5.91 Å². The van der Waals surface area contributed by atoms with E-state index in [-0.39, 0.29) is 5.56 Å². The van der Waals surface area contributed by atoms with Gasteiger partial charge in [0.05, 0.1) is 11.4 Å². The Bertz CT molecular complexity index is 601. The molecule has 0 aliphatic carbocycles. The highest BCUT2D eigenvalue weighted by Crippen LogP contribution is 2.23. The van der Waals surface area contributed by atoms with Gasteiger partial charge in [-0.1, -0.05) is 17.7 Å². The van der Waals surface area contributed by atoms with E-state index in [0.29, 0.717) is 16.4 Å². The summed E-state index contributed by atoms with van der Waals surface area (Å²) in [5.41, 5.74) is 6.72. The quantitative estimate of drug-likeness (QED) is 0.818. The zero-order chi connectivity index (χ0) is 13.1. The zero-order valence-electron chi connectivity index (χ0n) is 9.28. The molecule has 0 saturated heterocycles. The van der Waals surface area contributed by atoms with Crippen molar-refractivity contribution in [2.75, 3.05) is 11.1 Å². The Morgan fingerprint density at radius 3 is 2.67 bits per heavy atom. The Hall–Kier alpha value is -2.07. The minimum Gasteiger partial charge on any atom is -0.397 e. The Labute approximate surface area is 108 Å². The van der Waals surface area contributed by atoms with E-state index in [2.05, 4.69) is 5.32 Å². The van der Waals surface area contributed by atoms with E-state index in [4.69, 9.17) is 17.3 Å². The first-order valence-electron chi connectivity index (χ1n) is 5.18. The largest absolute Gasteiger partial charge is 0.397 e. The highest BCUT2D eigenvalue weighted by atomic mass is 35.5. The molecule has 5 heteroatoms. The fourth-order valence-corrected chi connectivity index (χ4v) is 1.65. The summed E-state index contributed by atoms with van der Waals surface area (Å²) in [5, 5.41) is 3.07. The Morgan fingerprint density at radius 2 is 2.00 bits per heavy atom. The number of amides is 1. The molecule has 0 heterocycles. The number of benzene rings is 2. The van der Waals surface area contributed by atoms with Gasteiger partial charge in [-0.3, -0.25) is 4.79 Å². The van der Waals surface area contributed by atoms with Crippen molar-refractivity contribution in [2.24, 2.45) is 0 Å². The van der Waals surface area contributed by atoms with Crippen LogP contribution in [0.2, 0.25) is 5.02 Å². The molecule has 0 aliphatic heterocycles. The fourth-order valence-electron chi connectivity index (χ4n) is 1.47. The summed E-state index contributed by atoms with van der Waals surface area (Å²) < 4.78 is 13.0. The van der Waals surface area contributed by atoms with Gasteiger partial charge in [-0.2, -0.15) is 0 Å². The molecule has 3 nitrogen and oxygen atoms in total. The first-order chi connectivity index (χ1) is 8.56. The van der Waals surface area contributed by atoms with Crippen LogP contribution in [-0.2, 0) is 0 Å². The third kappa shape index (κ3) is 2.78. The van der Waals surface area contributed by atoms with Crippen LogP contribution < -0.4 is 11.1 Å². The number of nitrogens with two attached hydrogens (primary N) is 1. The van der Waals surface area contributed by atoms with Crippen molar-refractivity contribution in [2.45, 2.75) is 0 Å². The summed E-state index contributed by atoms with van der Waals surface area (Å²) in [6.07, 6.45) is 0. The molecule has 0 atom stereocenters. The van der Waals surface area contributed by atoms with Crippen molar-refractivity contribution in [3.05, 3.63) is 58.9 Å². The number of nitrogens with one attached hydrogen (secondary N) is 1. The molecule has 0 aromatic heterocycles. The number of rotatable bonds is 2. The summed E-state index contributed by atoms with van der Waals surface area (Å²) in [4.78, 5) is 11.8. The number of nitrogen functional groups attached to an aromatic ring is 1. The minimum absolute atomic E-state index is 0.226. The maximum atomic E-state index is 13.0. The molecule has 0 saturated carbocycles. The summed E-state index contributed by atoms with van der Waals surface area (Å²) in [6.45, 7) is 0. The first-order valence-corrected chi connectivity index (χ1v) is 5.56. The predicted molar refractivity (Wildman–Crippen MR) is 70.2 cm³/mol. The first kappa shape index (κ1) is 12.4. The molecule has 0 aliphatic rings. The predicted octanol–water partition coefficient (Wildman–Crippen LogP) is 3.31. The fraction of sp³-hybridized carbons (Fsp3) is 0. The molecule has 0 spiro atoms. The van der Waals surface area contributed by atoms with Gasteiger partial charge in [0.15, 0.2) is 0 Å². The van der Waals surface area contributed by atoms with E-state index in [1.54, 1.807) is 12.1 Å². The van der Waals surface area contributed by atoms with Crippen molar-refractivity contribution in [3.8, 4) is 0 Å². The third-order valence-electron chi connectivity index (χ3n) is 2.35. The molecular weight excluding hydrogens is 255 g/mol. The highest BCUT2D eigenvalue weighted by molar-refractivity contribution is 6.31. The SMILES string of the molecule is Nc1cc(Cl)ccc1NC(=O)c1cccc(F)c1. The van der Waals surface area contributed by atoms with Crippen LogP contribution >= 0.6 is 11.6 Å². The van der Waals surface area contributed by atoms with Crippen LogP contribution in [0.1, 0.15) is 10.4 Å². The van der Waals surface area contributed by atoms with E-state index in [9.17, 15) is 9.18 Å². The van der Waals surface area contributed by atoms with Crippen molar-refractivity contribution in [3.63, 3.8) is 0 Å². The number of anilines is 2. The van der Waals surface area contributed by atoms with Crippen molar-refractivity contribution >= 4 is 28.9 Å². The van der Waals surface area contributed by atoms with Crippen molar-refractivity contribution < 1.29 is 9.18 Å². The second-order valence-corrected chi connectivity index (χ2v) is 4.13. The number of carbonyl (C=O) groups is 1. The average molecular weight is 265 g/mol. The van der Waals surface area contributed by atoms with Gasteiger partial charge in [0.25, 0.3) is 5.91 Å². The Balaban J connectivity index is 2.21. The molecule has 18 heavy (non-hydrogen) atoms. The monoisotopic (exact) mass is 264 g/mol. The van der Waals surface area contributed by atoms with Crippen LogP contribution in [0.5, 0.6) is 0 Å². The lowest BCUT2D eigenvalue weighted by Crippen LogP contribution is -2.13. The molecule has 1 amide bonds. The van der Waals surface area contributed by atoms with Crippen LogP contribution in [0.25, 0.3) is 0 Å². The third-order valence-corrected chi connectivity index (χ3v) is 2.58. The van der Waals surface area contributed by atoms with Crippen LogP contribution in [0.3, 0.4) is 0 Å². The summed E-state index contributed by atoms with van der Waals surface area (Å²) >= 11 is 5.75. The number of hydrogen-bond acceptors (Lipinski definition) is 2. The topological polar surface area (TPSA) is 55.1 Å². The van der Waals surface area contributed by atoms with Gasteiger partial charge in [-0.05, 0) is 36.4 Å². The van der Waals surface area contributed by atoms with E-state index in [0.717, 1.165) is 6.07 Å².